The molecule has 7 nitrogen and oxygen atoms in total. The smallest absolute Gasteiger partial charge is 0.350 e. The van der Waals surface area contributed by atoms with Gasteiger partial charge in [0, 0.05) is 18.7 Å². The van der Waals surface area contributed by atoms with Crippen molar-refractivity contribution in [2.75, 3.05) is 0 Å². The van der Waals surface area contributed by atoms with E-state index in [2.05, 4.69) is 25.6 Å². The van der Waals surface area contributed by atoms with E-state index in [-0.39, 0.29) is 18.4 Å². The van der Waals surface area contributed by atoms with E-state index in [4.69, 9.17) is 0 Å². The van der Waals surface area contributed by atoms with E-state index in [9.17, 15) is 22.8 Å². The molecule has 2 heterocycles. The number of carbonyl (C=O) groups excluding carboxylic acids is 2. The maximum atomic E-state index is 13.0. The first-order valence-electron chi connectivity index (χ1n) is 10.9. The Labute approximate surface area is 187 Å². The molecule has 2 aliphatic rings. The first-order valence-corrected chi connectivity index (χ1v) is 10.9. The Morgan fingerprint density at radius 3 is 2.48 bits per heavy atom. The number of alkyl halides is 3. The zero-order valence-corrected chi connectivity index (χ0v) is 17.6. The Hall–Kier alpha value is -3.43. The van der Waals surface area contributed by atoms with Gasteiger partial charge in [0.05, 0.1) is 23.0 Å². The van der Waals surface area contributed by atoms with Crippen LogP contribution < -0.4 is 10.6 Å². The van der Waals surface area contributed by atoms with Crippen LogP contribution >= 0.6 is 0 Å². The highest BCUT2D eigenvalue weighted by molar-refractivity contribution is 6.06. The summed E-state index contributed by atoms with van der Waals surface area (Å²) in [6.07, 6.45) is 2.62. The van der Waals surface area contributed by atoms with Crippen LogP contribution in [0.2, 0.25) is 0 Å². The normalized spacial score (nSPS) is 17.1. The fraction of sp³-hybridized carbons (Fsp3) is 0.391. The van der Waals surface area contributed by atoms with Crippen molar-refractivity contribution in [1.82, 2.24) is 25.6 Å². The second-order valence-corrected chi connectivity index (χ2v) is 8.67. The SMILES string of the molecule is O=C(N[C@@H](C(=O)NCc1ccc(C(F)(F)F)cc1)C1CC1)c1c[nH]c2ncc(C3CC3)nc12. The van der Waals surface area contributed by atoms with Crippen LogP contribution in [0.5, 0.6) is 0 Å². The van der Waals surface area contributed by atoms with Crippen molar-refractivity contribution in [1.29, 1.82) is 0 Å². The molecule has 2 saturated carbocycles. The molecule has 5 rings (SSSR count). The topological polar surface area (TPSA) is 99.8 Å². The number of rotatable bonds is 7. The molecule has 2 amide bonds. The highest BCUT2D eigenvalue weighted by Gasteiger charge is 2.38. The van der Waals surface area contributed by atoms with Crippen LogP contribution in [0.1, 0.15) is 58.8 Å². The number of aromatic nitrogens is 3. The minimum atomic E-state index is -4.41. The number of H-pyrrole nitrogens is 1. The molecule has 1 aromatic carbocycles. The van der Waals surface area contributed by atoms with Crippen molar-refractivity contribution in [2.45, 2.75) is 50.4 Å². The van der Waals surface area contributed by atoms with Crippen LogP contribution in [-0.4, -0.2) is 32.8 Å². The molecule has 172 valence electrons. The summed E-state index contributed by atoms with van der Waals surface area (Å²) < 4.78 is 38.1. The molecule has 2 aliphatic carbocycles. The highest BCUT2D eigenvalue weighted by atomic mass is 19.4. The number of hydrogen-bond acceptors (Lipinski definition) is 4. The van der Waals surface area contributed by atoms with Gasteiger partial charge in [-0.2, -0.15) is 13.2 Å². The van der Waals surface area contributed by atoms with E-state index < -0.39 is 23.7 Å². The molecule has 0 spiro atoms. The largest absolute Gasteiger partial charge is 0.416 e. The van der Waals surface area contributed by atoms with E-state index in [1.165, 1.54) is 12.1 Å². The van der Waals surface area contributed by atoms with Gasteiger partial charge < -0.3 is 15.6 Å². The van der Waals surface area contributed by atoms with Crippen LogP contribution in [0.4, 0.5) is 13.2 Å². The molecule has 0 radical (unpaired) electrons. The van der Waals surface area contributed by atoms with E-state index in [1.54, 1.807) is 12.4 Å². The summed E-state index contributed by atoms with van der Waals surface area (Å²) in [5.41, 5.74) is 1.99. The number of carbonyl (C=O) groups is 2. The van der Waals surface area contributed by atoms with Gasteiger partial charge in [-0.3, -0.25) is 9.59 Å². The Kier molecular flexibility index (Phi) is 5.30. The van der Waals surface area contributed by atoms with Crippen molar-refractivity contribution >= 4 is 23.0 Å². The Morgan fingerprint density at radius 1 is 1.12 bits per heavy atom. The lowest BCUT2D eigenvalue weighted by atomic mass is 10.1. The number of aromatic amines is 1. The van der Waals surface area contributed by atoms with Crippen LogP contribution in [0.3, 0.4) is 0 Å². The Balaban J connectivity index is 1.25. The number of nitrogens with zero attached hydrogens (tertiary/aromatic N) is 2. The van der Waals surface area contributed by atoms with E-state index in [0.717, 1.165) is 43.5 Å². The molecule has 0 saturated heterocycles. The molecule has 2 aromatic heterocycles. The van der Waals surface area contributed by atoms with Crippen molar-refractivity contribution in [2.24, 2.45) is 5.92 Å². The molecule has 10 heteroatoms. The lowest BCUT2D eigenvalue weighted by molar-refractivity contribution is -0.137. The third kappa shape index (κ3) is 4.69. The lowest BCUT2D eigenvalue weighted by Crippen LogP contribution is -2.47. The van der Waals surface area contributed by atoms with Gasteiger partial charge in [-0.05, 0) is 49.3 Å². The summed E-state index contributed by atoms with van der Waals surface area (Å²) in [6.45, 7) is 0.0688. The van der Waals surface area contributed by atoms with Gasteiger partial charge in [0.15, 0.2) is 5.65 Å². The predicted octanol–water partition coefficient (Wildman–Crippen LogP) is 3.68. The van der Waals surface area contributed by atoms with Crippen molar-refractivity contribution < 1.29 is 22.8 Å². The molecule has 0 unspecified atom stereocenters. The number of hydrogen-bond donors (Lipinski definition) is 3. The summed E-state index contributed by atoms with van der Waals surface area (Å²) in [5.74, 6) is -0.358. The van der Waals surface area contributed by atoms with Gasteiger partial charge in [0.1, 0.15) is 11.6 Å². The zero-order valence-electron chi connectivity index (χ0n) is 17.6. The van der Waals surface area contributed by atoms with Gasteiger partial charge >= 0.3 is 6.18 Å². The minimum absolute atomic E-state index is 0.0277. The molecule has 0 aliphatic heterocycles. The molecule has 3 aromatic rings. The van der Waals surface area contributed by atoms with Gasteiger partial charge in [-0.1, -0.05) is 12.1 Å². The number of amides is 2. The minimum Gasteiger partial charge on any atom is -0.350 e. The lowest BCUT2D eigenvalue weighted by Gasteiger charge is -2.18. The monoisotopic (exact) mass is 457 g/mol. The fourth-order valence-corrected chi connectivity index (χ4v) is 3.81. The summed E-state index contributed by atoms with van der Waals surface area (Å²) in [6, 6.07) is 3.90. The number of nitrogens with one attached hydrogen (secondary N) is 3. The summed E-state index contributed by atoms with van der Waals surface area (Å²) in [4.78, 5) is 37.7. The number of fused-ring (bicyclic) bond motifs is 1. The van der Waals surface area contributed by atoms with Crippen molar-refractivity contribution in [3.63, 3.8) is 0 Å². The summed E-state index contributed by atoms with van der Waals surface area (Å²) >= 11 is 0. The fourth-order valence-electron chi connectivity index (χ4n) is 3.81. The van der Waals surface area contributed by atoms with Gasteiger partial charge in [-0.15, -0.1) is 0 Å². The average molecular weight is 457 g/mol. The van der Waals surface area contributed by atoms with Gasteiger partial charge in [-0.25, -0.2) is 9.97 Å². The molecule has 3 N–H and O–H groups in total. The summed E-state index contributed by atoms with van der Waals surface area (Å²) in [7, 11) is 0. The first-order chi connectivity index (χ1) is 15.8. The maximum absolute atomic E-state index is 13.0. The third-order valence-electron chi connectivity index (χ3n) is 6.05. The predicted molar refractivity (Wildman–Crippen MR) is 113 cm³/mol. The van der Waals surface area contributed by atoms with Crippen LogP contribution in [0, 0.1) is 5.92 Å². The van der Waals surface area contributed by atoms with Gasteiger partial charge in [0.2, 0.25) is 5.91 Å². The van der Waals surface area contributed by atoms with E-state index in [0.29, 0.717) is 28.2 Å². The molecular formula is C23H22F3N5O2. The molecule has 0 bridgehead atoms. The number of halogens is 3. The number of benzene rings is 1. The molecule has 2 fully saturated rings. The van der Waals surface area contributed by atoms with Crippen molar-refractivity contribution in [3.05, 3.63) is 59.0 Å². The second-order valence-electron chi connectivity index (χ2n) is 8.67. The van der Waals surface area contributed by atoms with Gasteiger partial charge in [0.25, 0.3) is 5.91 Å². The molecule has 1 atom stereocenters. The first kappa shape index (κ1) is 21.4. The average Bonchev–Trinajstić information content (AvgIpc) is 3.72. The highest BCUT2D eigenvalue weighted by Crippen LogP contribution is 2.39. The quantitative estimate of drug-likeness (QED) is 0.504. The Morgan fingerprint density at radius 2 is 1.85 bits per heavy atom. The molecule has 33 heavy (non-hydrogen) atoms. The van der Waals surface area contributed by atoms with Crippen LogP contribution in [0.15, 0.2) is 36.7 Å². The summed E-state index contributed by atoms with van der Waals surface area (Å²) in [5, 5.41) is 5.54. The Bertz CT molecular complexity index is 1200. The van der Waals surface area contributed by atoms with Crippen LogP contribution in [-0.2, 0) is 17.5 Å². The second kappa shape index (κ2) is 8.17. The zero-order chi connectivity index (χ0) is 23.2. The van der Waals surface area contributed by atoms with Crippen LogP contribution in [0.25, 0.3) is 11.2 Å². The molecular weight excluding hydrogens is 435 g/mol. The van der Waals surface area contributed by atoms with Crippen molar-refractivity contribution in [3.8, 4) is 0 Å². The van der Waals surface area contributed by atoms with E-state index in [1.807, 2.05) is 0 Å². The van der Waals surface area contributed by atoms with E-state index >= 15 is 0 Å². The third-order valence-corrected chi connectivity index (χ3v) is 6.05. The standard InChI is InChI=1S/C23H22F3N5O2/c24-23(25,26)15-7-1-12(2-8-15)9-29-22(33)18(14-5-6-14)31-21(32)16-10-27-20-19(16)30-17(11-28-20)13-3-4-13/h1-2,7-8,10-11,13-14,18H,3-6,9H2,(H,27,28)(H,29,33)(H,31,32)/t18-/m1/s1. The maximum Gasteiger partial charge on any atom is 0.416 e.